The minimum absolute atomic E-state index is 0.231. The first-order valence-electron chi connectivity index (χ1n) is 8.67. The largest absolute Gasteiger partial charge is 0.368 e. The van der Waals surface area contributed by atoms with Crippen molar-refractivity contribution < 1.29 is 4.39 Å². The van der Waals surface area contributed by atoms with E-state index in [1.165, 1.54) is 31.3 Å². The van der Waals surface area contributed by atoms with Crippen LogP contribution in [0.2, 0.25) is 0 Å². The van der Waals surface area contributed by atoms with Gasteiger partial charge in [0, 0.05) is 44.1 Å². The lowest BCUT2D eigenvalue weighted by molar-refractivity contribution is 0.270. The summed E-state index contributed by atoms with van der Waals surface area (Å²) >= 11 is 0. The third kappa shape index (κ3) is 2.96. The van der Waals surface area contributed by atoms with E-state index in [1.807, 2.05) is 6.20 Å². The van der Waals surface area contributed by atoms with E-state index in [0.717, 1.165) is 38.4 Å². The molecule has 2 aromatic heterocycles. The Kier molecular flexibility index (Phi) is 4.02. The molecule has 2 fully saturated rings. The molecule has 4 nitrogen and oxygen atoms in total. The van der Waals surface area contributed by atoms with Crippen LogP contribution in [-0.2, 0) is 6.54 Å². The molecule has 0 radical (unpaired) electrons. The average molecular weight is 314 g/mol. The maximum absolute atomic E-state index is 14.0. The van der Waals surface area contributed by atoms with Crippen LogP contribution in [0.5, 0.6) is 0 Å². The van der Waals surface area contributed by atoms with Gasteiger partial charge >= 0.3 is 0 Å². The Bertz CT molecular complexity index is 665. The zero-order chi connectivity index (χ0) is 15.6. The fourth-order valence-electron chi connectivity index (χ4n) is 3.82. The quantitative estimate of drug-likeness (QED) is 0.864. The SMILES string of the molecule is Fc1cnccc1N1CCC[C@@H](c2nccn2CC2CCC2)C1. The summed E-state index contributed by atoms with van der Waals surface area (Å²) in [6.45, 7) is 2.83. The normalized spacial score (nSPS) is 22.1. The molecular formula is C18H23FN4. The van der Waals surface area contributed by atoms with Crippen LogP contribution in [0.3, 0.4) is 0 Å². The molecule has 122 valence electrons. The number of aromatic nitrogens is 3. The highest BCUT2D eigenvalue weighted by Crippen LogP contribution is 2.32. The highest BCUT2D eigenvalue weighted by molar-refractivity contribution is 5.47. The van der Waals surface area contributed by atoms with Crippen molar-refractivity contribution in [1.82, 2.24) is 14.5 Å². The number of hydrogen-bond donors (Lipinski definition) is 0. The summed E-state index contributed by atoms with van der Waals surface area (Å²) in [7, 11) is 0. The van der Waals surface area contributed by atoms with Gasteiger partial charge in [-0.3, -0.25) is 4.98 Å². The monoisotopic (exact) mass is 314 g/mol. The molecule has 0 bridgehead atoms. The minimum Gasteiger partial charge on any atom is -0.368 e. The van der Waals surface area contributed by atoms with Crippen LogP contribution < -0.4 is 4.90 Å². The lowest BCUT2D eigenvalue weighted by Crippen LogP contribution is -2.36. The van der Waals surface area contributed by atoms with E-state index >= 15 is 0 Å². The molecule has 23 heavy (non-hydrogen) atoms. The second kappa shape index (κ2) is 6.30. The van der Waals surface area contributed by atoms with Crippen LogP contribution in [0.25, 0.3) is 0 Å². The van der Waals surface area contributed by atoms with Crippen LogP contribution >= 0.6 is 0 Å². The van der Waals surface area contributed by atoms with Crippen molar-refractivity contribution in [2.24, 2.45) is 5.92 Å². The predicted molar refractivity (Wildman–Crippen MR) is 88.0 cm³/mol. The molecule has 1 atom stereocenters. The Balaban J connectivity index is 1.51. The molecular weight excluding hydrogens is 291 g/mol. The van der Waals surface area contributed by atoms with Crippen molar-refractivity contribution in [3.8, 4) is 0 Å². The van der Waals surface area contributed by atoms with E-state index < -0.39 is 0 Å². The number of nitrogens with zero attached hydrogens (tertiary/aromatic N) is 4. The van der Waals surface area contributed by atoms with Gasteiger partial charge < -0.3 is 9.47 Å². The van der Waals surface area contributed by atoms with Crippen molar-refractivity contribution in [1.29, 1.82) is 0 Å². The third-order valence-electron chi connectivity index (χ3n) is 5.31. The zero-order valence-electron chi connectivity index (χ0n) is 13.4. The fourth-order valence-corrected chi connectivity index (χ4v) is 3.82. The van der Waals surface area contributed by atoms with Crippen molar-refractivity contribution in [3.05, 3.63) is 42.5 Å². The molecule has 0 amide bonds. The molecule has 1 aliphatic carbocycles. The third-order valence-corrected chi connectivity index (χ3v) is 5.31. The summed E-state index contributed by atoms with van der Waals surface area (Å²) in [5, 5.41) is 0. The summed E-state index contributed by atoms with van der Waals surface area (Å²) in [6, 6.07) is 1.78. The number of hydrogen-bond acceptors (Lipinski definition) is 3. The summed E-state index contributed by atoms with van der Waals surface area (Å²) in [5.41, 5.74) is 0.668. The van der Waals surface area contributed by atoms with Crippen LogP contribution in [0, 0.1) is 11.7 Å². The molecule has 3 heterocycles. The molecule has 1 aliphatic heterocycles. The maximum Gasteiger partial charge on any atom is 0.164 e. The van der Waals surface area contributed by atoms with Crippen molar-refractivity contribution >= 4 is 5.69 Å². The van der Waals surface area contributed by atoms with Gasteiger partial charge in [0.1, 0.15) is 5.82 Å². The lowest BCUT2D eigenvalue weighted by atomic mass is 9.85. The summed E-state index contributed by atoms with van der Waals surface area (Å²) in [5.74, 6) is 2.15. The zero-order valence-corrected chi connectivity index (χ0v) is 13.4. The Morgan fingerprint density at radius 2 is 2.09 bits per heavy atom. The molecule has 0 aromatic carbocycles. The number of piperidine rings is 1. The van der Waals surface area contributed by atoms with Gasteiger partial charge in [-0.05, 0) is 37.7 Å². The maximum atomic E-state index is 14.0. The Morgan fingerprint density at radius 3 is 2.87 bits per heavy atom. The topological polar surface area (TPSA) is 34.0 Å². The molecule has 2 aromatic rings. The van der Waals surface area contributed by atoms with Gasteiger partial charge in [0.2, 0.25) is 0 Å². The van der Waals surface area contributed by atoms with Crippen LogP contribution in [-0.4, -0.2) is 27.6 Å². The van der Waals surface area contributed by atoms with Crippen LogP contribution in [0.4, 0.5) is 10.1 Å². The van der Waals surface area contributed by atoms with E-state index in [0.29, 0.717) is 11.6 Å². The Morgan fingerprint density at radius 1 is 1.17 bits per heavy atom. The van der Waals surface area contributed by atoms with E-state index in [9.17, 15) is 4.39 Å². The van der Waals surface area contributed by atoms with Gasteiger partial charge in [0.05, 0.1) is 11.9 Å². The highest BCUT2D eigenvalue weighted by Gasteiger charge is 2.27. The summed E-state index contributed by atoms with van der Waals surface area (Å²) in [4.78, 5) is 10.6. The van der Waals surface area contributed by atoms with Crippen LogP contribution in [0.15, 0.2) is 30.9 Å². The molecule has 2 aliphatic rings. The second-order valence-electron chi connectivity index (χ2n) is 6.85. The molecule has 0 N–H and O–H groups in total. The van der Waals surface area contributed by atoms with E-state index in [-0.39, 0.29) is 5.82 Å². The summed E-state index contributed by atoms with van der Waals surface area (Å²) < 4.78 is 16.4. The first-order chi connectivity index (χ1) is 11.3. The van der Waals surface area contributed by atoms with Crippen molar-refractivity contribution in [2.45, 2.75) is 44.6 Å². The van der Waals surface area contributed by atoms with Gasteiger partial charge in [0.15, 0.2) is 5.82 Å². The minimum atomic E-state index is -0.231. The molecule has 1 saturated carbocycles. The Labute approximate surface area is 136 Å². The lowest BCUT2D eigenvalue weighted by Gasteiger charge is -2.35. The Hall–Kier alpha value is -1.91. The smallest absolute Gasteiger partial charge is 0.164 e. The highest BCUT2D eigenvalue weighted by atomic mass is 19.1. The molecule has 0 spiro atoms. The molecule has 4 rings (SSSR count). The van der Waals surface area contributed by atoms with Crippen molar-refractivity contribution in [3.63, 3.8) is 0 Å². The number of rotatable bonds is 4. The second-order valence-corrected chi connectivity index (χ2v) is 6.85. The van der Waals surface area contributed by atoms with E-state index in [4.69, 9.17) is 0 Å². The van der Waals surface area contributed by atoms with E-state index in [2.05, 4.69) is 25.6 Å². The number of halogens is 1. The van der Waals surface area contributed by atoms with Gasteiger partial charge in [-0.25, -0.2) is 9.37 Å². The van der Waals surface area contributed by atoms with E-state index in [1.54, 1.807) is 12.3 Å². The first-order valence-corrected chi connectivity index (χ1v) is 8.67. The number of imidazole rings is 1. The molecule has 5 heteroatoms. The average Bonchev–Trinajstić information content (AvgIpc) is 3.00. The number of pyridine rings is 1. The fraction of sp³-hybridized carbons (Fsp3) is 0.556. The predicted octanol–water partition coefficient (Wildman–Crippen LogP) is 3.60. The number of anilines is 1. The van der Waals surface area contributed by atoms with Gasteiger partial charge in [-0.15, -0.1) is 0 Å². The standard InChI is InChI=1S/C18H23FN4/c19-16-11-20-7-6-17(16)22-9-2-5-15(13-22)18-21-8-10-23(18)12-14-3-1-4-14/h6-8,10-11,14-15H,1-5,9,12-13H2/t15-/m1/s1. The van der Waals surface area contributed by atoms with Gasteiger partial charge in [0.25, 0.3) is 0 Å². The molecule has 0 unspecified atom stereocenters. The molecule has 1 saturated heterocycles. The van der Waals surface area contributed by atoms with Gasteiger partial charge in [-0.1, -0.05) is 6.42 Å². The van der Waals surface area contributed by atoms with Gasteiger partial charge in [-0.2, -0.15) is 0 Å². The first kappa shape index (κ1) is 14.7. The summed E-state index contributed by atoms with van der Waals surface area (Å²) in [6.07, 6.45) is 13.3. The van der Waals surface area contributed by atoms with Crippen molar-refractivity contribution in [2.75, 3.05) is 18.0 Å². The van der Waals surface area contributed by atoms with Crippen LogP contribution in [0.1, 0.15) is 43.8 Å².